The molecule has 0 radical (unpaired) electrons. The van der Waals surface area contributed by atoms with Crippen molar-refractivity contribution in [1.82, 2.24) is 10.3 Å². The summed E-state index contributed by atoms with van der Waals surface area (Å²) in [6, 6.07) is 22.1. The summed E-state index contributed by atoms with van der Waals surface area (Å²) < 4.78 is 0. The molecule has 1 aliphatic rings. The first-order valence-corrected chi connectivity index (χ1v) is 8.51. The van der Waals surface area contributed by atoms with Gasteiger partial charge in [-0.3, -0.25) is 4.98 Å². The number of benzene rings is 2. The van der Waals surface area contributed by atoms with Crippen molar-refractivity contribution in [1.29, 1.82) is 0 Å². The van der Waals surface area contributed by atoms with E-state index in [2.05, 4.69) is 66.0 Å². The zero-order valence-electron chi connectivity index (χ0n) is 13.3. The Kier molecular flexibility index (Phi) is 4.08. The van der Waals surface area contributed by atoms with Gasteiger partial charge in [0.25, 0.3) is 0 Å². The number of nitrogens with one attached hydrogen (secondary N) is 1. The van der Waals surface area contributed by atoms with Gasteiger partial charge in [-0.2, -0.15) is 0 Å². The molecule has 2 heterocycles. The van der Waals surface area contributed by atoms with Gasteiger partial charge >= 0.3 is 0 Å². The van der Waals surface area contributed by atoms with E-state index in [-0.39, 0.29) is 0 Å². The number of hydrogen-bond donors (Lipinski definition) is 1. The van der Waals surface area contributed by atoms with E-state index in [0.29, 0.717) is 12.0 Å². The molecule has 0 saturated carbocycles. The molecule has 2 nitrogen and oxygen atoms in total. The molecule has 1 N–H and O–H groups in total. The van der Waals surface area contributed by atoms with Crippen molar-refractivity contribution in [3.63, 3.8) is 0 Å². The van der Waals surface area contributed by atoms with Gasteiger partial charge in [-0.15, -0.1) is 0 Å². The van der Waals surface area contributed by atoms with Gasteiger partial charge in [0.2, 0.25) is 0 Å². The molecular formula is C21H22N2. The Hall–Kier alpha value is -2.19. The average molecular weight is 302 g/mol. The molecule has 1 aliphatic heterocycles. The molecule has 3 aromatic rings. The molecule has 1 saturated heterocycles. The highest BCUT2D eigenvalue weighted by atomic mass is 14.9. The molecule has 0 bridgehead atoms. The number of hydrogen-bond acceptors (Lipinski definition) is 2. The zero-order chi connectivity index (χ0) is 15.5. The topological polar surface area (TPSA) is 24.9 Å². The fraction of sp³-hybridized carbons (Fsp3) is 0.286. The summed E-state index contributed by atoms with van der Waals surface area (Å²) in [7, 11) is 0. The summed E-state index contributed by atoms with van der Waals surface area (Å²) in [4.78, 5) is 4.74. The van der Waals surface area contributed by atoms with E-state index in [4.69, 9.17) is 4.98 Å². The van der Waals surface area contributed by atoms with Gasteiger partial charge in [-0.25, -0.2) is 0 Å². The first-order chi connectivity index (χ1) is 11.4. The molecule has 2 atom stereocenters. The highest BCUT2D eigenvalue weighted by Crippen LogP contribution is 2.32. The minimum atomic E-state index is 0.539. The van der Waals surface area contributed by atoms with Crippen LogP contribution in [0.1, 0.15) is 30.0 Å². The Morgan fingerprint density at radius 1 is 0.957 bits per heavy atom. The predicted octanol–water partition coefficient (Wildman–Crippen LogP) is 4.31. The van der Waals surface area contributed by atoms with E-state index in [1.54, 1.807) is 0 Å². The lowest BCUT2D eigenvalue weighted by atomic mass is 9.85. The normalized spacial score (nSPS) is 21.4. The first kappa shape index (κ1) is 14.4. The molecule has 4 rings (SSSR count). The van der Waals surface area contributed by atoms with Crippen LogP contribution in [-0.4, -0.2) is 17.6 Å². The van der Waals surface area contributed by atoms with Crippen LogP contribution in [0.25, 0.3) is 10.8 Å². The van der Waals surface area contributed by atoms with Gasteiger partial charge < -0.3 is 5.32 Å². The van der Waals surface area contributed by atoms with Crippen LogP contribution in [0.5, 0.6) is 0 Å². The van der Waals surface area contributed by atoms with Crippen molar-refractivity contribution in [2.24, 2.45) is 0 Å². The quantitative estimate of drug-likeness (QED) is 0.779. The highest BCUT2D eigenvalue weighted by Gasteiger charge is 2.25. The molecule has 2 unspecified atom stereocenters. The van der Waals surface area contributed by atoms with Crippen LogP contribution >= 0.6 is 0 Å². The second-order valence-corrected chi connectivity index (χ2v) is 6.48. The summed E-state index contributed by atoms with van der Waals surface area (Å²) in [5, 5.41) is 6.31. The number of pyridine rings is 1. The predicted molar refractivity (Wildman–Crippen MR) is 95.7 cm³/mol. The van der Waals surface area contributed by atoms with Crippen molar-refractivity contribution in [3.05, 3.63) is 78.1 Å². The summed E-state index contributed by atoms with van der Waals surface area (Å²) in [5.41, 5.74) is 2.69. The number of nitrogens with zero attached hydrogens (tertiary/aromatic N) is 1. The van der Waals surface area contributed by atoms with Crippen LogP contribution in [0.2, 0.25) is 0 Å². The molecule has 1 aromatic heterocycles. The van der Waals surface area contributed by atoms with Crippen molar-refractivity contribution in [2.75, 3.05) is 6.54 Å². The maximum atomic E-state index is 4.74. The number of fused-ring (bicyclic) bond motifs is 1. The van der Waals surface area contributed by atoms with Crippen LogP contribution in [0.15, 0.2) is 66.9 Å². The zero-order valence-corrected chi connectivity index (χ0v) is 13.3. The molecule has 0 spiro atoms. The van der Waals surface area contributed by atoms with Gasteiger partial charge in [0.05, 0.1) is 5.69 Å². The van der Waals surface area contributed by atoms with Crippen LogP contribution in [-0.2, 0) is 6.42 Å². The Morgan fingerprint density at radius 3 is 2.70 bits per heavy atom. The van der Waals surface area contributed by atoms with Gasteiger partial charge in [-0.05, 0) is 42.8 Å². The lowest BCUT2D eigenvalue weighted by molar-refractivity contribution is 0.357. The number of piperidine rings is 1. The van der Waals surface area contributed by atoms with Gasteiger partial charge in [0.1, 0.15) is 0 Å². The molecule has 2 aromatic carbocycles. The lowest BCUT2D eigenvalue weighted by Gasteiger charge is -2.30. The number of rotatable bonds is 3. The summed E-state index contributed by atoms with van der Waals surface area (Å²) in [6.07, 6.45) is 5.40. The summed E-state index contributed by atoms with van der Waals surface area (Å²) in [6.45, 7) is 1.08. The minimum absolute atomic E-state index is 0.539. The Labute approximate surface area is 137 Å². The third-order valence-electron chi connectivity index (χ3n) is 4.91. The molecule has 0 amide bonds. The SMILES string of the molecule is c1ccc(CC2CC(c3nccc4ccccc34)CCN2)cc1. The van der Waals surface area contributed by atoms with Gasteiger partial charge in [0, 0.05) is 23.5 Å². The monoisotopic (exact) mass is 302 g/mol. The van der Waals surface area contributed by atoms with Crippen molar-refractivity contribution in [2.45, 2.75) is 31.2 Å². The van der Waals surface area contributed by atoms with E-state index in [1.807, 2.05) is 6.20 Å². The first-order valence-electron chi connectivity index (χ1n) is 8.51. The minimum Gasteiger partial charge on any atom is -0.314 e. The van der Waals surface area contributed by atoms with Crippen molar-refractivity contribution < 1.29 is 0 Å². The lowest BCUT2D eigenvalue weighted by Crippen LogP contribution is -2.39. The van der Waals surface area contributed by atoms with Gasteiger partial charge in [-0.1, -0.05) is 54.6 Å². The molecule has 23 heavy (non-hydrogen) atoms. The summed E-state index contributed by atoms with van der Waals surface area (Å²) in [5.74, 6) is 0.552. The van der Waals surface area contributed by atoms with E-state index < -0.39 is 0 Å². The maximum absolute atomic E-state index is 4.74. The van der Waals surface area contributed by atoms with E-state index >= 15 is 0 Å². The third-order valence-corrected chi connectivity index (χ3v) is 4.91. The summed E-state index contributed by atoms with van der Waals surface area (Å²) >= 11 is 0. The largest absolute Gasteiger partial charge is 0.314 e. The smallest absolute Gasteiger partial charge is 0.0513 e. The molecule has 2 heteroatoms. The van der Waals surface area contributed by atoms with E-state index in [1.165, 1.54) is 28.5 Å². The van der Waals surface area contributed by atoms with Crippen LogP contribution in [0, 0.1) is 0 Å². The Bertz CT molecular complexity index is 777. The highest BCUT2D eigenvalue weighted by molar-refractivity contribution is 5.84. The maximum Gasteiger partial charge on any atom is 0.0513 e. The van der Waals surface area contributed by atoms with Crippen LogP contribution in [0.4, 0.5) is 0 Å². The van der Waals surface area contributed by atoms with Crippen molar-refractivity contribution in [3.8, 4) is 0 Å². The fourth-order valence-electron chi connectivity index (χ4n) is 3.78. The Morgan fingerprint density at radius 2 is 1.78 bits per heavy atom. The fourth-order valence-corrected chi connectivity index (χ4v) is 3.78. The second kappa shape index (κ2) is 6.51. The van der Waals surface area contributed by atoms with E-state index in [9.17, 15) is 0 Å². The van der Waals surface area contributed by atoms with Crippen LogP contribution < -0.4 is 5.32 Å². The molecule has 1 fully saturated rings. The number of aromatic nitrogens is 1. The third kappa shape index (κ3) is 3.13. The molecular weight excluding hydrogens is 280 g/mol. The molecule has 116 valence electrons. The van der Waals surface area contributed by atoms with E-state index in [0.717, 1.165) is 19.4 Å². The van der Waals surface area contributed by atoms with Crippen molar-refractivity contribution >= 4 is 10.8 Å². The standard InChI is InChI=1S/C21H22N2/c1-2-6-16(7-3-1)14-19-15-18(11-12-22-19)21-20-9-5-4-8-17(20)10-13-23-21/h1-10,13,18-19,22H,11-12,14-15H2. The van der Waals surface area contributed by atoms with Crippen LogP contribution in [0.3, 0.4) is 0 Å². The van der Waals surface area contributed by atoms with Gasteiger partial charge in [0.15, 0.2) is 0 Å². The Balaban J connectivity index is 1.57. The molecule has 0 aliphatic carbocycles. The second-order valence-electron chi connectivity index (χ2n) is 6.48. The average Bonchev–Trinajstić information content (AvgIpc) is 2.62.